The van der Waals surface area contributed by atoms with E-state index in [4.69, 9.17) is 4.84 Å². The van der Waals surface area contributed by atoms with Crippen LogP contribution in [0.2, 0.25) is 0 Å². The molecular weight excluding hydrogens is 228 g/mol. The maximum Gasteiger partial charge on any atom is 0.414 e. The van der Waals surface area contributed by atoms with Gasteiger partial charge in [0.1, 0.15) is 0 Å². The molecule has 1 saturated heterocycles. The molecule has 0 aromatic carbocycles. The summed E-state index contributed by atoms with van der Waals surface area (Å²) in [4.78, 5) is 38.1. The summed E-state index contributed by atoms with van der Waals surface area (Å²) in [6.45, 7) is 4.31. The SMILES string of the molecule is CC(C)OC(=O)NC(=O)/C=C/C(=O)N1CCO1. The fourth-order valence-corrected chi connectivity index (χ4v) is 0.972. The maximum atomic E-state index is 11.2. The molecule has 1 rings (SSSR count). The lowest BCUT2D eigenvalue weighted by Gasteiger charge is -2.28. The van der Waals surface area contributed by atoms with Crippen molar-refractivity contribution in [2.75, 3.05) is 13.2 Å². The van der Waals surface area contributed by atoms with Crippen LogP contribution in [0.1, 0.15) is 13.8 Å². The predicted octanol–water partition coefficient (Wildman–Crippen LogP) is -0.0224. The molecule has 1 aliphatic heterocycles. The van der Waals surface area contributed by atoms with Gasteiger partial charge in [-0.3, -0.25) is 19.7 Å². The van der Waals surface area contributed by atoms with Crippen molar-refractivity contribution in [3.8, 4) is 0 Å². The molecule has 0 unspecified atom stereocenters. The highest BCUT2D eigenvalue weighted by Crippen LogP contribution is 2.02. The summed E-state index contributed by atoms with van der Waals surface area (Å²) < 4.78 is 4.68. The van der Waals surface area contributed by atoms with Gasteiger partial charge in [-0.25, -0.2) is 9.86 Å². The Morgan fingerprint density at radius 2 is 2.00 bits per heavy atom. The largest absolute Gasteiger partial charge is 0.447 e. The van der Waals surface area contributed by atoms with Gasteiger partial charge in [0.2, 0.25) is 0 Å². The normalized spacial score (nSPS) is 14.6. The quantitative estimate of drug-likeness (QED) is 0.703. The summed E-state index contributed by atoms with van der Waals surface area (Å²) in [6, 6.07) is 0. The van der Waals surface area contributed by atoms with Gasteiger partial charge >= 0.3 is 6.09 Å². The Bertz CT molecular complexity index is 347. The fraction of sp³-hybridized carbons (Fsp3) is 0.500. The number of ether oxygens (including phenoxy) is 1. The first-order valence-electron chi connectivity index (χ1n) is 5.13. The highest BCUT2D eigenvalue weighted by Gasteiger charge is 2.19. The molecule has 7 nitrogen and oxygen atoms in total. The number of carbonyl (C=O) groups is 3. The van der Waals surface area contributed by atoms with Crippen LogP contribution in [0, 0.1) is 0 Å². The Labute approximate surface area is 98.3 Å². The zero-order valence-electron chi connectivity index (χ0n) is 9.63. The van der Waals surface area contributed by atoms with Crippen molar-refractivity contribution in [1.29, 1.82) is 0 Å². The molecule has 0 saturated carbocycles. The number of nitrogens with zero attached hydrogens (tertiary/aromatic N) is 1. The number of rotatable bonds is 3. The molecule has 0 spiro atoms. The molecule has 1 fully saturated rings. The molecule has 3 amide bonds. The second kappa shape index (κ2) is 6.00. The van der Waals surface area contributed by atoms with Gasteiger partial charge in [0.25, 0.3) is 11.8 Å². The van der Waals surface area contributed by atoms with Crippen molar-refractivity contribution in [1.82, 2.24) is 10.4 Å². The Balaban J connectivity index is 2.30. The third-order valence-corrected chi connectivity index (χ3v) is 1.73. The van der Waals surface area contributed by atoms with Gasteiger partial charge in [-0.2, -0.15) is 0 Å². The minimum absolute atomic E-state index is 0.317. The van der Waals surface area contributed by atoms with Gasteiger partial charge in [0, 0.05) is 12.2 Å². The minimum Gasteiger partial charge on any atom is -0.447 e. The zero-order valence-corrected chi connectivity index (χ0v) is 9.63. The van der Waals surface area contributed by atoms with Crippen LogP contribution in [0.25, 0.3) is 0 Å². The lowest BCUT2D eigenvalue weighted by molar-refractivity contribution is -0.234. The van der Waals surface area contributed by atoms with Crippen LogP contribution in [0.15, 0.2) is 12.2 Å². The standard InChI is InChI=1S/C10H14N2O5/c1-7(2)17-10(15)11-8(13)3-4-9(14)12-5-6-16-12/h3-4,7H,5-6H2,1-2H3,(H,11,13,15)/b4-3+. The van der Waals surface area contributed by atoms with Crippen molar-refractivity contribution < 1.29 is 24.0 Å². The number of hydrogen-bond donors (Lipinski definition) is 1. The van der Waals surface area contributed by atoms with E-state index < -0.39 is 17.9 Å². The first-order valence-corrected chi connectivity index (χ1v) is 5.13. The average Bonchev–Trinajstić information content (AvgIpc) is 2.10. The Kier molecular flexibility index (Phi) is 4.65. The molecule has 0 aromatic rings. The van der Waals surface area contributed by atoms with E-state index >= 15 is 0 Å². The van der Waals surface area contributed by atoms with E-state index in [0.717, 1.165) is 17.2 Å². The zero-order chi connectivity index (χ0) is 12.8. The van der Waals surface area contributed by atoms with Crippen LogP contribution in [-0.2, 0) is 19.2 Å². The molecule has 17 heavy (non-hydrogen) atoms. The second-order valence-electron chi connectivity index (χ2n) is 3.55. The Hall–Kier alpha value is -1.89. The molecule has 0 radical (unpaired) electrons. The molecule has 1 heterocycles. The van der Waals surface area contributed by atoms with Gasteiger partial charge in [0.05, 0.1) is 19.3 Å². The van der Waals surface area contributed by atoms with Gasteiger partial charge in [-0.1, -0.05) is 0 Å². The number of alkyl carbamates (subject to hydrolysis) is 1. The Morgan fingerprint density at radius 3 is 2.47 bits per heavy atom. The number of carbonyl (C=O) groups excluding carboxylic acids is 3. The minimum atomic E-state index is -0.845. The number of nitrogens with one attached hydrogen (secondary N) is 1. The summed E-state index contributed by atoms with van der Waals surface area (Å²) in [5.41, 5.74) is 0. The fourth-order valence-electron chi connectivity index (χ4n) is 0.972. The van der Waals surface area contributed by atoms with E-state index in [1.54, 1.807) is 13.8 Å². The van der Waals surface area contributed by atoms with E-state index in [9.17, 15) is 14.4 Å². The molecule has 7 heteroatoms. The number of hydroxylamine groups is 2. The molecule has 1 N–H and O–H groups in total. The van der Waals surface area contributed by atoms with E-state index in [1.165, 1.54) is 0 Å². The summed E-state index contributed by atoms with van der Waals surface area (Å²) in [7, 11) is 0. The van der Waals surface area contributed by atoms with E-state index in [-0.39, 0.29) is 6.10 Å². The number of hydrogen-bond acceptors (Lipinski definition) is 5. The van der Waals surface area contributed by atoms with Gasteiger partial charge in [0.15, 0.2) is 0 Å². The number of imide groups is 1. The highest BCUT2D eigenvalue weighted by atomic mass is 16.7. The summed E-state index contributed by atoms with van der Waals surface area (Å²) in [5.74, 6) is -1.16. The lowest BCUT2D eigenvalue weighted by Crippen LogP contribution is -2.43. The van der Waals surface area contributed by atoms with Crippen LogP contribution in [0.5, 0.6) is 0 Å². The highest BCUT2D eigenvalue weighted by molar-refractivity contribution is 6.02. The third kappa shape index (κ3) is 4.64. The van der Waals surface area contributed by atoms with Crippen molar-refractivity contribution in [3.05, 3.63) is 12.2 Å². The lowest BCUT2D eigenvalue weighted by atomic mass is 10.4. The molecule has 94 valence electrons. The topological polar surface area (TPSA) is 84.9 Å². The van der Waals surface area contributed by atoms with Gasteiger partial charge in [-0.15, -0.1) is 0 Å². The monoisotopic (exact) mass is 242 g/mol. The van der Waals surface area contributed by atoms with Crippen molar-refractivity contribution in [3.63, 3.8) is 0 Å². The molecule has 0 aliphatic carbocycles. The van der Waals surface area contributed by atoms with E-state index in [0.29, 0.717) is 13.2 Å². The van der Waals surface area contributed by atoms with Crippen LogP contribution >= 0.6 is 0 Å². The molecule has 0 aromatic heterocycles. The van der Waals surface area contributed by atoms with E-state index in [2.05, 4.69) is 4.74 Å². The van der Waals surface area contributed by atoms with Crippen molar-refractivity contribution >= 4 is 17.9 Å². The molecule has 1 aliphatic rings. The van der Waals surface area contributed by atoms with Crippen molar-refractivity contribution in [2.24, 2.45) is 0 Å². The summed E-state index contributed by atoms with van der Waals surface area (Å²) >= 11 is 0. The average molecular weight is 242 g/mol. The smallest absolute Gasteiger partial charge is 0.414 e. The maximum absolute atomic E-state index is 11.2. The second-order valence-corrected chi connectivity index (χ2v) is 3.55. The van der Waals surface area contributed by atoms with Crippen molar-refractivity contribution in [2.45, 2.75) is 20.0 Å². The molecule has 0 bridgehead atoms. The van der Waals surface area contributed by atoms with Crippen LogP contribution in [-0.4, -0.2) is 42.2 Å². The van der Waals surface area contributed by atoms with Crippen LogP contribution in [0.4, 0.5) is 4.79 Å². The van der Waals surface area contributed by atoms with Gasteiger partial charge < -0.3 is 4.74 Å². The van der Waals surface area contributed by atoms with Gasteiger partial charge in [-0.05, 0) is 13.8 Å². The van der Waals surface area contributed by atoms with Crippen LogP contribution in [0.3, 0.4) is 0 Å². The van der Waals surface area contributed by atoms with Crippen LogP contribution < -0.4 is 5.32 Å². The predicted molar refractivity (Wildman–Crippen MR) is 56.6 cm³/mol. The van der Waals surface area contributed by atoms with E-state index in [1.807, 2.05) is 5.32 Å². The molecular formula is C10H14N2O5. The summed E-state index contributed by atoms with van der Waals surface area (Å²) in [5, 5.41) is 3.05. The summed E-state index contributed by atoms with van der Waals surface area (Å²) in [6.07, 6.45) is 0.813. The first-order chi connectivity index (χ1) is 7.99. The number of amides is 3. The third-order valence-electron chi connectivity index (χ3n) is 1.73. The Morgan fingerprint density at radius 1 is 1.35 bits per heavy atom. The molecule has 0 atom stereocenters. The first kappa shape index (κ1) is 13.2.